The summed E-state index contributed by atoms with van der Waals surface area (Å²) in [5, 5.41) is 2.43. The van der Waals surface area contributed by atoms with Crippen LogP contribution in [-0.2, 0) is 17.5 Å². The van der Waals surface area contributed by atoms with E-state index in [1.165, 1.54) is 6.07 Å². The molecule has 7 heteroatoms. The standard InChI is InChI=1S/C18H15F3N2O2/c19-18(20,21)15-9-8-13(11-16(15)22)7-4-10-23-17(24)25-12-14-5-2-1-3-6-14/h1-3,5-6,8-9,11H,10,12,22H2,(H,23,24). The van der Waals surface area contributed by atoms with Gasteiger partial charge in [-0.25, -0.2) is 4.79 Å². The number of alkyl carbamates (subject to hydrolysis) is 1. The van der Waals surface area contributed by atoms with Crippen molar-refractivity contribution in [3.8, 4) is 11.8 Å². The van der Waals surface area contributed by atoms with Gasteiger partial charge in [0.2, 0.25) is 0 Å². The Bertz CT molecular complexity index is 793. The molecule has 2 rings (SSSR count). The van der Waals surface area contributed by atoms with Gasteiger partial charge in [-0.2, -0.15) is 13.2 Å². The highest BCUT2D eigenvalue weighted by Crippen LogP contribution is 2.33. The Hall–Kier alpha value is -3.14. The number of hydrogen-bond acceptors (Lipinski definition) is 3. The number of nitrogens with two attached hydrogens (primary N) is 1. The lowest BCUT2D eigenvalue weighted by atomic mass is 10.1. The van der Waals surface area contributed by atoms with Gasteiger partial charge >= 0.3 is 12.3 Å². The van der Waals surface area contributed by atoms with Gasteiger partial charge in [-0.05, 0) is 23.8 Å². The number of anilines is 1. The summed E-state index contributed by atoms with van der Waals surface area (Å²) in [6.07, 6.45) is -5.13. The van der Waals surface area contributed by atoms with Crippen molar-refractivity contribution in [2.75, 3.05) is 12.3 Å². The minimum absolute atomic E-state index is 0.00541. The largest absolute Gasteiger partial charge is 0.445 e. The van der Waals surface area contributed by atoms with Crippen molar-refractivity contribution in [1.82, 2.24) is 5.32 Å². The normalized spacial score (nSPS) is 10.5. The van der Waals surface area contributed by atoms with Gasteiger partial charge in [0.25, 0.3) is 0 Å². The van der Waals surface area contributed by atoms with E-state index in [2.05, 4.69) is 17.2 Å². The maximum atomic E-state index is 12.6. The maximum absolute atomic E-state index is 12.6. The number of amides is 1. The molecular formula is C18H15F3N2O2. The number of benzene rings is 2. The molecule has 0 fully saturated rings. The fourth-order valence-electron chi connectivity index (χ4n) is 1.94. The summed E-state index contributed by atoms with van der Waals surface area (Å²) in [7, 11) is 0. The summed E-state index contributed by atoms with van der Waals surface area (Å²) in [5.74, 6) is 5.24. The van der Waals surface area contributed by atoms with E-state index in [0.717, 1.165) is 17.7 Å². The monoisotopic (exact) mass is 348 g/mol. The number of nitrogens with one attached hydrogen (secondary N) is 1. The van der Waals surface area contributed by atoms with Crippen LogP contribution in [0.15, 0.2) is 48.5 Å². The quantitative estimate of drug-likeness (QED) is 0.658. The molecule has 0 aliphatic rings. The van der Waals surface area contributed by atoms with Crippen LogP contribution < -0.4 is 11.1 Å². The van der Waals surface area contributed by atoms with Crippen LogP contribution >= 0.6 is 0 Å². The first-order valence-corrected chi connectivity index (χ1v) is 7.26. The van der Waals surface area contributed by atoms with Gasteiger partial charge in [-0.1, -0.05) is 42.2 Å². The minimum Gasteiger partial charge on any atom is -0.445 e. The van der Waals surface area contributed by atoms with E-state index >= 15 is 0 Å². The number of rotatable bonds is 3. The van der Waals surface area contributed by atoms with E-state index in [-0.39, 0.29) is 13.2 Å². The molecule has 0 aliphatic carbocycles. The minimum atomic E-state index is -4.50. The van der Waals surface area contributed by atoms with Gasteiger partial charge in [0.1, 0.15) is 6.61 Å². The van der Waals surface area contributed by atoms with Crippen molar-refractivity contribution >= 4 is 11.8 Å². The predicted octanol–water partition coefficient (Wildman–Crippen LogP) is 3.57. The molecule has 1 amide bonds. The van der Waals surface area contributed by atoms with Gasteiger partial charge in [0.15, 0.2) is 0 Å². The Morgan fingerprint density at radius 2 is 1.88 bits per heavy atom. The fraction of sp³-hybridized carbons (Fsp3) is 0.167. The predicted molar refractivity (Wildman–Crippen MR) is 87.4 cm³/mol. The second-order valence-electron chi connectivity index (χ2n) is 5.02. The van der Waals surface area contributed by atoms with Crippen LogP contribution in [0.3, 0.4) is 0 Å². The SMILES string of the molecule is Nc1cc(C#CCNC(=O)OCc2ccccc2)ccc1C(F)(F)F. The second-order valence-corrected chi connectivity index (χ2v) is 5.02. The van der Waals surface area contributed by atoms with Crippen LogP contribution in [0.4, 0.5) is 23.7 Å². The van der Waals surface area contributed by atoms with E-state index < -0.39 is 23.5 Å². The van der Waals surface area contributed by atoms with Crippen molar-refractivity contribution in [3.05, 3.63) is 65.2 Å². The van der Waals surface area contributed by atoms with E-state index in [4.69, 9.17) is 10.5 Å². The summed E-state index contributed by atoms with van der Waals surface area (Å²) in [6, 6.07) is 12.4. The van der Waals surface area contributed by atoms with Gasteiger partial charge in [0.05, 0.1) is 12.1 Å². The number of ether oxygens (including phenoxy) is 1. The third-order valence-corrected chi connectivity index (χ3v) is 3.12. The Labute approximate surface area is 142 Å². The first-order valence-electron chi connectivity index (χ1n) is 7.26. The van der Waals surface area contributed by atoms with E-state index in [1.807, 2.05) is 30.3 Å². The molecule has 0 saturated carbocycles. The molecule has 2 aromatic carbocycles. The number of hydrogen-bond donors (Lipinski definition) is 2. The van der Waals surface area contributed by atoms with Crippen LogP contribution in [0.2, 0.25) is 0 Å². The molecule has 0 bridgehead atoms. The van der Waals surface area contributed by atoms with E-state index in [1.54, 1.807) is 0 Å². The molecular weight excluding hydrogens is 333 g/mol. The molecule has 0 spiro atoms. The average Bonchev–Trinajstić information content (AvgIpc) is 2.57. The summed E-state index contributed by atoms with van der Waals surface area (Å²) in [4.78, 5) is 11.5. The molecule has 2 aromatic rings. The van der Waals surface area contributed by atoms with Crippen LogP contribution in [0, 0.1) is 11.8 Å². The van der Waals surface area contributed by atoms with Crippen molar-refractivity contribution in [2.24, 2.45) is 0 Å². The number of nitrogen functional groups attached to an aromatic ring is 1. The summed E-state index contributed by atoms with van der Waals surface area (Å²) >= 11 is 0. The van der Waals surface area contributed by atoms with Crippen molar-refractivity contribution in [3.63, 3.8) is 0 Å². The van der Waals surface area contributed by atoms with E-state index in [0.29, 0.717) is 5.56 Å². The molecule has 0 aliphatic heterocycles. The Balaban J connectivity index is 1.82. The highest BCUT2D eigenvalue weighted by atomic mass is 19.4. The van der Waals surface area contributed by atoms with Crippen molar-refractivity contribution < 1.29 is 22.7 Å². The molecule has 0 aromatic heterocycles. The van der Waals surface area contributed by atoms with Gasteiger partial charge < -0.3 is 15.8 Å². The molecule has 130 valence electrons. The molecule has 0 atom stereocenters. The molecule has 0 heterocycles. The lowest BCUT2D eigenvalue weighted by Crippen LogP contribution is -2.24. The fourth-order valence-corrected chi connectivity index (χ4v) is 1.94. The van der Waals surface area contributed by atoms with Crippen LogP contribution in [0.1, 0.15) is 16.7 Å². The lowest BCUT2D eigenvalue weighted by molar-refractivity contribution is -0.136. The van der Waals surface area contributed by atoms with Crippen molar-refractivity contribution in [1.29, 1.82) is 0 Å². The molecule has 0 unspecified atom stereocenters. The third-order valence-electron chi connectivity index (χ3n) is 3.12. The van der Waals surface area contributed by atoms with Gasteiger partial charge in [-0.3, -0.25) is 0 Å². The third kappa shape index (κ3) is 5.77. The Morgan fingerprint density at radius 1 is 1.16 bits per heavy atom. The molecule has 3 N–H and O–H groups in total. The van der Waals surface area contributed by atoms with Gasteiger partial charge in [0, 0.05) is 11.3 Å². The van der Waals surface area contributed by atoms with E-state index in [9.17, 15) is 18.0 Å². The number of carbonyl (C=O) groups is 1. The highest BCUT2D eigenvalue weighted by molar-refractivity contribution is 5.67. The molecule has 25 heavy (non-hydrogen) atoms. The lowest BCUT2D eigenvalue weighted by Gasteiger charge is -2.09. The highest BCUT2D eigenvalue weighted by Gasteiger charge is 2.32. The molecule has 4 nitrogen and oxygen atoms in total. The van der Waals surface area contributed by atoms with Crippen molar-refractivity contribution in [2.45, 2.75) is 12.8 Å². The average molecular weight is 348 g/mol. The zero-order valence-electron chi connectivity index (χ0n) is 13.1. The Kier molecular flexibility index (Phi) is 5.90. The van der Waals surface area contributed by atoms with Crippen LogP contribution in [0.5, 0.6) is 0 Å². The van der Waals surface area contributed by atoms with Gasteiger partial charge in [-0.15, -0.1) is 0 Å². The number of alkyl halides is 3. The smallest absolute Gasteiger partial charge is 0.418 e. The first-order chi connectivity index (χ1) is 11.9. The zero-order valence-corrected chi connectivity index (χ0v) is 13.1. The Morgan fingerprint density at radius 3 is 2.52 bits per heavy atom. The summed E-state index contributed by atoms with van der Waals surface area (Å²) in [6.45, 7) is 0.129. The summed E-state index contributed by atoms with van der Waals surface area (Å²) in [5.41, 5.74) is 5.26. The second kappa shape index (κ2) is 8.11. The number of carbonyl (C=O) groups excluding carboxylic acids is 1. The number of halogens is 3. The topological polar surface area (TPSA) is 64.3 Å². The van der Waals surface area contributed by atoms with Crippen LogP contribution in [0.25, 0.3) is 0 Å². The first kappa shape index (κ1) is 18.2. The van der Waals surface area contributed by atoms with Crippen LogP contribution in [-0.4, -0.2) is 12.6 Å². The summed E-state index contributed by atoms with van der Waals surface area (Å²) < 4.78 is 42.8. The maximum Gasteiger partial charge on any atom is 0.418 e. The molecule has 0 radical (unpaired) electrons. The molecule has 0 saturated heterocycles. The zero-order chi connectivity index (χ0) is 18.3.